The average Bonchev–Trinajstić information content (AvgIpc) is 2.28. The monoisotopic (exact) mass is 235 g/mol. The van der Waals surface area contributed by atoms with Crippen LogP contribution in [0.15, 0.2) is 12.1 Å². The summed E-state index contributed by atoms with van der Waals surface area (Å²) in [5.74, 6) is 1.68. The Morgan fingerprint density at radius 2 is 1.82 bits per heavy atom. The minimum absolute atomic E-state index is 0.616. The molecule has 0 aliphatic heterocycles. The second-order valence-corrected chi connectivity index (χ2v) is 4.91. The van der Waals surface area contributed by atoms with Crippen molar-refractivity contribution in [2.75, 3.05) is 13.7 Å². The maximum Gasteiger partial charge on any atom is 0.125 e. The molecule has 96 valence electrons. The molecule has 2 heteroatoms. The Hall–Kier alpha value is -1.02. The van der Waals surface area contributed by atoms with Gasteiger partial charge in [0.05, 0.1) is 6.61 Å². The zero-order valence-electron chi connectivity index (χ0n) is 11.8. The number of ether oxygens (including phenoxy) is 1. The molecule has 0 radical (unpaired) electrons. The molecule has 0 saturated heterocycles. The number of aryl methyl sites for hydroxylation is 2. The van der Waals surface area contributed by atoms with Gasteiger partial charge in [0.1, 0.15) is 5.75 Å². The molecular formula is C15H25NO. The first-order chi connectivity index (χ1) is 8.08. The second-order valence-electron chi connectivity index (χ2n) is 4.91. The van der Waals surface area contributed by atoms with E-state index in [4.69, 9.17) is 4.74 Å². The van der Waals surface area contributed by atoms with E-state index in [1.165, 1.54) is 16.7 Å². The summed E-state index contributed by atoms with van der Waals surface area (Å²) in [6.07, 6.45) is 1.16. The van der Waals surface area contributed by atoms with Crippen LogP contribution >= 0.6 is 0 Å². The summed E-state index contributed by atoms with van der Waals surface area (Å²) in [6, 6.07) is 4.41. The Bertz CT molecular complexity index is 337. The molecule has 0 aliphatic rings. The number of hydrogen-bond donors (Lipinski definition) is 1. The van der Waals surface area contributed by atoms with E-state index in [-0.39, 0.29) is 0 Å². The molecule has 0 bridgehead atoms. The quantitative estimate of drug-likeness (QED) is 0.815. The van der Waals surface area contributed by atoms with Gasteiger partial charge in [0, 0.05) is 6.54 Å². The van der Waals surface area contributed by atoms with Crippen LogP contribution in [0.1, 0.15) is 37.0 Å². The normalized spacial score (nSPS) is 12.5. The number of rotatable bonds is 6. The molecule has 0 aromatic heterocycles. The fourth-order valence-electron chi connectivity index (χ4n) is 1.92. The lowest BCUT2D eigenvalue weighted by Crippen LogP contribution is -2.10. The highest BCUT2D eigenvalue weighted by molar-refractivity contribution is 5.43. The fraction of sp³-hybridized carbons (Fsp3) is 0.600. The summed E-state index contributed by atoms with van der Waals surface area (Å²) in [7, 11) is 1.97. The highest BCUT2D eigenvalue weighted by atomic mass is 16.5. The van der Waals surface area contributed by atoms with Crippen LogP contribution in [0, 0.1) is 19.8 Å². The summed E-state index contributed by atoms with van der Waals surface area (Å²) < 4.78 is 5.93. The molecule has 1 unspecified atom stereocenters. The van der Waals surface area contributed by atoms with E-state index in [9.17, 15) is 0 Å². The smallest absolute Gasteiger partial charge is 0.125 e. The van der Waals surface area contributed by atoms with Crippen LogP contribution in [-0.2, 0) is 6.54 Å². The van der Waals surface area contributed by atoms with Gasteiger partial charge in [0.2, 0.25) is 0 Å². The first kappa shape index (κ1) is 14.0. The topological polar surface area (TPSA) is 21.3 Å². The first-order valence-corrected chi connectivity index (χ1v) is 6.46. The highest BCUT2D eigenvalue weighted by Gasteiger charge is 2.08. The summed E-state index contributed by atoms with van der Waals surface area (Å²) >= 11 is 0. The van der Waals surface area contributed by atoms with Crippen molar-refractivity contribution in [3.05, 3.63) is 28.8 Å². The molecule has 0 fully saturated rings. The van der Waals surface area contributed by atoms with Crippen LogP contribution < -0.4 is 10.1 Å². The van der Waals surface area contributed by atoms with Crippen LogP contribution in [0.5, 0.6) is 5.75 Å². The van der Waals surface area contributed by atoms with Crippen LogP contribution in [0.25, 0.3) is 0 Å². The van der Waals surface area contributed by atoms with Crippen molar-refractivity contribution in [3.63, 3.8) is 0 Å². The standard InChI is InChI=1S/C15H25NO/c1-6-11(2)10-17-15-12(3)7-14(9-16-5)8-13(15)4/h7-8,11,16H,6,9-10H2,1-5H3. The van der Waals surface area contributed by atoms with Crippen molar-refractivity contribution < 1.29 is 4.74 Å². The first-order valence-electron chi connectivity index (χ1n) is 6.46. The Balaban J connectivity index is 2.78. The SMILES string of the molecule is CCC(C)COc1c(C)cc(CNC)cc1C. The zero-order chi connectivity index (χ0) is 12.8. The van der Waals surface area contributed by atoms with Crippen molar-refractivity contribution in [1.29, 1.82) is 0 Å². The van der Waals surface area contributed by atoms with Gasteiger partial charge in [-0.1, -0.05) is 32.4 Å². The van der Waals surface area contributed by atoms with Crippen LogP contribution in [0.3, 0.4) is 0 Å². The fourth-order valence-corrected chi connectivity index (χ4v) is 1.92. The molecule has 0 aliphatic carbocycles. The molecule has 17 heavy (non-hydrogen) atoms. The average molecular weight is 235 g/mol. The van der Waals surface area contributed by atoms with E-state index in [1.54, 1.807) is 0 Å². The van der Waals surface area contributed by atoms with Gasteiger partial charge in [-0.3, -0.25) is 0 Å². The Labute approximate surface area is 105 Å². The molecule has 1 rings (SSSR count). The summed E-state index contributed by atoms with van der Waals surface area (Å²) in [5, 5.41) is 3.18. The van der Waals surface area contributed by atoms with Gasteiger partial charge in [-0.05, 0) is 43.5 Å². The third kappa shape index (κ3) is 4.04. The van der Waals surface area contributed by atoms with Crippen molar-refractivity contribution >= 4 is 0 Å². The van der Waals surface area contributed by atoms with E-state index in [2.05, 4.69) is 45.1 Å². The molecule has 1 aromatic carbocycles. The lowest BCUT2D eigenvalue weighted by Gasteiger charge is -2.16. The molecule has 0 saturated carbocycles. The van der Waals surface area contributed by atoms with E-state index >= 15 is 0 Å². The van der Waals surface area contributed by atoms with E-state index in [1.807, 2.05) is 7.05 Å². The van der Waals surface area contributed by atoms with Crippen molar-refractivity contribution in [2.24, 2.45) is 5.92 Å². The maximum absolute atomic E-state index is 5.93. The van der Waals surface area contributed by atoms with Gasteiger partial charge in [0.15, 0.2) is 0 Å². The molecule has 1 atom stereocenters. The predicted molar refractivity (Wildman–Crippen MR) is 73.6 cm³/mol. The highest BCUT2D eigenvalue weighted by Crippen LogP contribution is 2.25. The Kier molecular flexibility index (Phi) is 5.49. The predicted octanol–water partition coefficient (Wildman–Crippen LogP) is 3.45. The largest absolute Gasteiger partial charge is 0.493 e. The lowest BCUT2D eigenvalue weighted by molar-refractivity contribution is 0.253. The summed E-state index contributed by atoms with van der Waals surface area (Å²) in [6.45, 7) is 10.4. The third-order valence-corrected chi connectivity index (χ3v) is 3.11. The Morgan fingerprint density at radius 3 is 2.29 bits per heavy atom. The molecule has 0 amide bonds. The minimum atomic E-state index is 0.616. The van der Waals surface area contributed by atoms with Crippen molar-refractivity contribution in [1.82, 2.24) is 5.32 Å². The lowest BCUT2D eigenvalue weighted by atomic mass is 10.1. The van der Waals surface area contributed by atoms with E-state index < -0.39 is 0 Å². The van der Waals surface area contributed by atoms with Crippen LogP contribution in [-0.4, -0.2) is 13.7 Å². The molecule has 0 spiro atoms. The van der Waals surface area contributed by atoms with Crippen molar-refractivity contribution in [2.45, 2.75) is 40.7 Å². The molecule has 0 heterocycles. The molecule has 1 N–H and O–H groups in total. The van der Waals surface area contributed by atoms with E-state index in [0.717, 1.165) is 25.3 Å². The molecule has 1 aromatic rings. The van der Waals surface area contributed by atoms with Gasteiger partial charge in [0.25, 0.3) is 0 Å². The third-order valence-electron chi connectivity index (χ3n) is 3.11. The van der Waals surface area contributed by atoms with Gasteiger partial charge in [-0.2, -0.15) is 0 Å². The second kappa shape index (κ2) is 6.65. The van der Waals surface area contributed by atoms with Gasteiger partial charge in [-0.15, -0.1) is 0 Å². The maximum atomic E-state index is 5.93. The van der Waals surface area contributed by atoms with Crippen LogP contribution in [0.2, 0.25) is 0 Å². The van der Waals surface area contributed by atoms with E-state index in [0.29, 0.717) is 5.92 Å². The number of nitrogens with one attached hydrogen (secondary N) is 1. The van der Waals surface area contributed by atoms with Gasteiger partial charge >= 0.3 is 0 Å². The zero-order valence-corrected chi connectivity index (χ0v) is 11.8. The van der Waals surface area contributed by atoms with Crippen molar-refractivity contribution in [3.8, 4) is 5.75 Å². The Morgan fingerprint density at radius 1 is 1.24 bits per heavy atom. The van der Waals surface area contributed by atoms with Gasteiger partial charge < -0.3 is 10.1 Å². The van der Waals surface area contributed by atoms with Gasteiger partial charge in [-0.25, -0.2) is 0 Å². The molecule has 2 nitrogen and oxygen atoms in total. The molecular weight excluding hydrogens is 210 g/mol. The van der Waals surface area contributed by atoms with Crippen LogP contribution in [0.4, 0.5) is 0 Å². The summed E-state index contributed by atoms with van der Waals surface area (Å²) in [4.78, 5) is 0. The number of hydrogen-bond acceptors (Lipinski definition) is 2. The minimum Gasteiger partial charge on any atom is -0.493 e. The summed E-state index contributed by atoms with van der Waals surface area (Å²) in [5.41, 5.74) is 3.79. The number of benzene rings is 1.